The van der Waals surface area contributed by atoms with Gasteiger partial charge in [-0.1, -0.05) is 48.5 Å². The molecule has 1 aromatic heterocycles. The van der Waals surface area contributed by atoms with E-state index in [9.17, 15) is 0 Å². The minimum atomic E-state index is 0.750. The van der Waals surface area contributed by atoms with E-state index in [0.29, 0.717) is 0 Å². The average Bonchev–Trinajstić information content (AvgIpc) is 3.10. The molecule has 0 unspecified atom stereocenters. The zero-order valence-electron chi connectivity index (χ0n) is 15.2. The van der Waals surface area contributed by atoms with Crippen LogP contribution in [0.4, 0.5) is 5.69 Å². The second-order valence-corrected chi connectivity index (χ2v) is 7.34. The van der Waals surface area contributed by atoms with Crippen molar-refractivity contribution in [3.63, 3.8) is 0 Å². The molecule has 4 nitrogen and oxygen atoms in total. The van der Waals surface area contributed by atoms with Crippen LogP contribution in [-0.2, 0) is 4.74 Å². The Hall–Kier alpha value is -2.37. The van der Waals surface area contributed by atoms with E-state index < -0.39 is 0 Å². The van der Waals surface area contributed by atoms with Crippen LogP contribution in [0.25, 0.3) is 11.3 Å². The van der Waals surface area contributed by atoms with Gasteiger partial charge in [-0.25, -0.2) is 9.67 Å². The lowest BCUT2D eigenvalue weighted by Gasteiger charge is -2.31. The number of benzene rings is 2. The maximum atomic E-state index is 5.56. The van der Waals surface area contributed by atoms with Gasteiger partial charge in [0.15, 0.2) is 0 Å². The number of nitrogens with zero attached hydrogens (tertiary/aromatic N) is 3. The molecule has 0 atom stereocenters. The predicted molar refractivity (Wildman–Crippen MR) is 108 cm³/mol. The van der Waals surface area contributed by atoms with Crippen molar-refractivity contribution in [1.29, 1.82) is 0 Å². The van der Waals surface area contributed by atoms with Gasteiger partial charge in [-0.2, -0.15) is 0 Å². The molecule has 0 N–H and O–H groups in total. The standard InChI is InChI=1S/C21H23N3OS/c1-16-7-6-8-17(2)20(16)22-21-24(23-11-13-25-14-12-23)19(15-26-21)18-9-4-3-5-10-18/h3-10,15H,11-14H2,1-2H3. The third-order valence-corrected chi connectivity index (χ3v) is 5.49. The van der Waals surface area contributed by atoms with Gasteiger partial charge in [0.2, 0.25) is 4.80 Å². The van der Waals surface area contributed by atoms with Crippen LogP contribution in [0.1, 0.15) is 11.1 Å². The van der Waals surface area contributed by atoms with Crippen LogP contribution in [0, 0.1) is 13.8 Å². The van der Waals surface area contributed by atoms with Crippen molar-refractivity contribution in [3.8, 4) is 11.3 Å². The fraction of sp³-hybridized carbons (Fsp3) is 0.286. The molecular formula is C21H23N3OS. The number of ether oxygens (including phenoxy) is 1. The smallest absolute Gasteiger partial charge is 0.209 e. The SMILES string of the molecule is Cc1cccc(C)c1N=c1scc(-c2ccccc2)n1N1CCOCC1. The number of rotatable bonds is 3. The van der Waals surface area contributed by atoms with E-state index in [0.717, 1.165) is 36.8 Å². The molecule has 0 amide bonds. The molecule has 0 radical (unpaired) electrons. The van der Waals surface area contributed by atoms with Crippen LogP contribution in [-0.4, -0.2) is 31.0 Å². The number of para-hydroxylation sites is 1. The Morgan fingerprint density at radius 3 is 2.31 bits per heavy atom. The van der Waals surface area contributed by atoms with Crippen LogP contribution < -0.4 is 9.81 Å². The van der Waals surface area contributed by atoms with E-state index in [2.05, 4.69) is 77.4 Å². The lowest BCUT2D eigenvalue weighted by Crippen LogP contribution is -2.48. The Morgan fingerprint density at radius 1 is 0.923 bits per heavy atom. The molecule has 134 valence electrons. The summed E-state index contributed by atoms with van der Waals surface area (Å²) in [5.41, 5.74) is 5.86. The van der Waals surface area contributed by atoms with Gasteiger partial charge in [0.25, 0.3) is 0 Å². The van der Waals surface area contributed by atoms with Crippen LogP contribution >= 0.6 is 11.3 Å². The third kappa shape index (κ3) is 3.32. The highest BCUT2D eigenvalue weighted by atomic mass is 32.1. The topological polar surface area (TPSA) is 29.8 Å². The number of aromatic nitrogens is 1. The van der Waals surface area contributed by atoms with E-state index >= 15 is 0 Å². The van der Waals surface area contributed by atoms with Crippen LogP contribution in [0.5, 0.6) is 0 Å². The van der Waals surface area contributed by atoms with Crippen molar-refractivity contribution in [1.82, 2.24) is 4.68 Å². The molecular weight excluding hydrogens is 342 g/mol. The van der Waals surface area contributed by atoms with Crippen molar-refractivity contribution in [2.45, 2.75) is 13.8 Å². The van der Waals surface area contributed by atoms with Gasteiger partial charge >= 0.3 is 0 Å². The molecule has 1 aliphatic heterocycles. The molecule has 0 saturated carbocycles. The molecule has 2 heterocycles. The van der Waals surface area contributed by atoms with Crippen LogP contribution in [0.3, 0.4) is 0 Å². The summed E-state index contributed by atoms with van der Waals surface area (Å²) in [4.78, 5) is 6.06. The summed E-state index contributed by atoms with van der Waals surface area (Å²) in [6, 6.07) is 16.9. The lowest BCUT2D eigenvalue weighted by molar-refractivity contribution is 0.111. The minimum Gasteiger partial charge on any atom is -0.378 e. The lowest BCUT2D eigenvalue weighted by atomic mass is 10.1. The van der Waals surface area contributed by atoms with Crippen molar-refractivity contribution in [2.75, 3.05) is 31.3 Å². The largest absolute Gasteiger partial charge is 0.378 e. The van der Waals surface area contributed by atoms with E-state index in [1.807, 2.05) is 0 Å². The monoisotopic (exact) mass is 365 g/mol. The van der Waals surface area contributed by atoms with Gasteiger partial charge < -0.3 is 9.75 Å². The number of thiazole rings is 1. The summed E-state index contributed by atoms with van der Waals surface area (Å²) in [6.07, 6.45) is 0. The number of morpholine rings is 1. The summed E-state index contributed by atoms with van der Waals surface area (Å²) >= 11 is 1.69. The van der Waals surface area contributed by atoms with E-state index in [1.165, 1.54) is 22.4 Å². The summed E-state index contributed by atoms with van der Waals surface area (Å²) < 4.78 is 7.83. The molecule has 0 spiro atoms. The Bertz CT molecular complexity index is 933. The molecule has 2 aromatic carbocycles. The maximum Gasteiger partial charge on any atom is 0.209 e. The number of aryl methyl sites for hydroxylation is 2. The highest BCUT2D eigenvalue weighted by molar-refractivity contribution is 7.07. The predicted octanol–water partition coefficient (Wildman–Crippen LogP) is 4.03. The second-order valence-electron chi connectivity index (χ2n) is 6.50. The van der Waals surface area contributed by atoms with Crippen molar-refractivity contribution < 1.29 is 4.74 Å². The van der Waals surface area contributed by atoms with E-state index in [4.69, 9.17) is 9.73 Å². The summed E-state index contributed by atoms with van der Waals surface area (Å²) in [6.45, 7) is 7.49. The number of hydrogen-bond donors (Lipinski definition) is 0. The first-order chi connectivity index (χ1) is 12.7. The maximum absolute atomic E-state index is 5.56. The highest BCUT2D eigenvalue weighted by Gasteiger charge is 2.17. The van der Waals surface area contributed by atoms with Gasteiger partial charge in [-0.3, -0.25) is 0 Å². The Morgan fingerprint density at radius 2 is 1.62 bits per heavy atom. The summed E-state index contributed by atoms with van der Waals surface area (Å²) in [5, 5.41) is 4.55. The quantitative estimate of drug-likeness (QED) is 0.701. The first-order valence-electron chi connectivity index (χ1n) is 8.94. The van der Waals surface area contributed by atoms with E-state index in [-0.39, 0.29) is 0 Å². The second kappa shape index (κ2) is 7.48. The van der Waals surface area contributed by atoms with Gasteiger partial charge in [0.1, 0.15) is 0 Å². The molecule has 4 rings (SSSR count). The van der Waals surface area contributed by atoms with Gasteiger partial charge in [0, 0.05) is 10.9 Å². The average molecular weight is 366 g/mol. The molecule has 1 aliphatic rings. The highest BCUT2D eigenvalue weighted by Crippen LogP contribution is 2.24. The normalized spacial score (nSPS) is 15.5. The fourth-order valence-electron chi connectivity index (χ4n) is 3.29. The van der Waals surface area contributed by atoms with E-state index in [1.54, 1.807) is 11.3 Å². The molecule has 26 heavy (non-hydrogen) atoms. The zero-order valence-corrected chi connectivity index (χ0v) is 16.0. The summed E-state index contributed by atoms with van der Waals surface area (Å²) in [7, 11) is 0. The molecule has 1 saturated heterocycles. The molecule has 0 bridgehead atoms. The summed E-state index contributed by atoms with van der Waals surface area (Å²) in [5.74, 6) is 0. The first-order valence-corrected chi connectivity index (χ1v) is 9.82. The Labute approximate surface area is 158 Å². The molecule has 5 heteroatoms. The molecule has 0 aliphatic carbocycles. The fourth-order valence-corrected chi connectivity index (χ4v) is 4.20. The van der Waals surface area contributed by atoms with Crippen molar-refractivity contribution in [2.24, 2.45) is 4.99 Å². The van der Waals surface area contributed by atoms with Crippen LogP contribution in [0.2, 0.25) is 0 Å². The first kappa shape index (κ1) is 17.1. The van der Waals surface area contributed by atoms with Crippen molar-refractivity contribution in [3.05, 3.63) is 69.8 Å². The van der Waals surface area contributed by atoms with Crippen molar-refractivity contribution >= 4 is 17.0 Å². The van der Waals surface area contributed by atoms with Crippen LogP contribution in [0.15, 0.2) is 58.9 Å². The van der Waals surface area contributed by atoms with Gasteiger partial charge in [0.05, 0.1) is 37.7 Å². The minimum absolute atomic E-state index is 0.750. The molecule has 1 fully saturated rings. The Kier molecular flexibility index (Phi) is 4.91. The third-order valence-electron chi connectivity index (χ3n) is 4.67. The Balaban J connectivity index is 1.90. The van der Waals surface area contributed by atoms with Gasteiger partial charge in [-0.05, 0) is 25.0 Å². The zero-order chi connectivity index (χ0) is 17.9. The van der Waals surface area contributed by atoms with Gasteiger partial charge in [-0.15, -0.1) is 11.3 Å². The molecule has 3 aromatic rings. The number of hydrogen-bond acceptors (Lipinski definition) is 4.